The average molecular weight is 349 g/mol. The number of ether oxygens (including phenoxy) is 1. The van der Waals surface area contributed by atoms with Crippen molar-refractivity contribution in [1.82, 2.24) is 5.32 Å². The molecule has 0 aliphatic rings. The van der Waals surface area contributed by atoms with E-state index in [4.69, 9.17) is 16.3 Å². The third-order valence-electron chi connectivity index (χ3n) is 3.47. The molecule has 2 aromatic rings. The van der Waals surface area contributed by atoms with E-state index in [0.29, 0.717) is 10.8 Å². The van der Waals surface area contributed by atoms with Crippen molar-refractivity contribution in [2.45, 2.75) is 6.10 Å². The van der Waals surface area contributed by atoms with Gasteiger partial charge in [0.25, 0.3) is 5.91 Å². The first kappa shape index (κ1) is 18.1. The molecule has 0 fully saturated rings. The Morgan fingerprint density at radius 2 is 1.79 bits per heavy atom. The van der Waals surface area contributed by atoms with Crippen LogP contribution in [0.3, 0.4) is 0 Å². The molecule has 0 spiro atoms. The Bertz CT molecular complexity index is 657. The molecular formula is C18H21ClN2O3. The lowest BCUT2D eigenvalue weighted by Crippen LogP contribution is -2.32. The maximum Gasteiger partial charge on any atom is 0.258 e. The molecule has 0 saturated carbocycles. The molecular weight excluding hydrogens is 328 g/mol. The first-order chi connectivity index (χ1) is 11.5. The van der Waals surface area contributed by atoms with Gasteiger partial charge in [0.2, 0.25) is 0 Å². The van der Waals surface area contributed by atoms with E-state index in [-0.39, 0.29) is 19.1 Å². The number of rotatable bonds is 7. The predicted molar refractivity (Wildman–Crippen MR) is 95.7 cm³/mol. The van der Waals surface area contributed by atoms with Crippen molar-refractivity contribution in [3.8, 4) is 5.75 Å². The molecule has 0 aliphatic carbocycles. The van der Waals surface area contributed by atoms with Crippen LogP contribution in [-0.4, -0.2) is 38.3 Å². The maximum atomic E-state index is 11.8. The van der Waals surface area contributed by atoms with Crippen molar-refractivity contribution in [1.29, 1.82) is 0 Å². The fourth-order valence-corrected chi connectivity index (χ4v) is 2.18. The van der Waals surface area contributed by atoms with Gasteiger partial charge >= 0.3 is 0 Å². The topological polar surface area (TPSA) is 61.8 Å². The second kappa shape index (κ2) is 8.57. The van der Waals surface area contributed by atoms with E-state index >= 15 is 0 Å². The number of carbonyl (C=O) groups is 1. The summed E-state index contributed by atoms with van der Waals surface area (Å²) in [5, 5.41) is 13.4. The summed E-state index contributed by atoms with van der Waals surface area (Å²) in [5.41, 5.74) is 1.80. The van der Waals surface area contributed by atoms with Crippen molar-refractivity contribution >= 4 is 23.2 Å². The van der Waals surface area contributed by atoms with Crippen LogP contribution in [0.2, 0.25) is 5.02 Å². The molecule has 0 heterocycles. The molecule has 2 rings (SSSR count). The number of aliphatic hydroxyl groups excluding tert-OH is 1. The number of amides is 1. The molecule has 0 aliphatic heterocycles. The maximum absolute atomic E-state index is 11.8. The Balaban J connectivity index is 1.77. The number of halogens is 1. The van der Waals surface area contributed by atoms with Crippen molar-refractivity contribution in [2.24, 2.45) is 0 Å². The van der Waals surface area contributed by atoms with Gasteiger partial charge in [0.05, 0.1) is 6.10 Å². The summed E-state index contributed by atoms with van der Waals surface area (Å²) in [5.74, 6) is 0.267. The van der Waals surface area contributed by atoms with E-state index in [1.165, 1.54) is 0 Å². The zero-order valence-corrected chi connectivity index (χ0v) is 14.5. The monoisotopic (exact) mass is 348 g/mol. The normalized spacial score (nSPS) is 11.7. The Morgan fingerprint density at radius 3 is 2.38 bits per heavy atom. The largest absolute Gasteiger partial charge is 0.484 e. The quantitative estimate of drug-likeness (QED) is 0.807. The van der Waals surface area contributed by atoms with Crippen molar-refractivity contribution < 1.29 is 14.6 Å². The molecule has 1 atom stereocenters. The van der Waals surface area contributed by atoms with Crippen molar-refractivity contribution in [3.05, 3.63) is 59.1 Å². The van der Waals surface area contributed by atoms with E-state index in [9.17, 15) is 9.90 Å². The fourth-order valence-electron chi connectivity index (χ4n) is 2.05. The lowest BCUT2D eigenvalue weighted by atomic mass is 10.1. The molecule has 1 amide bonds. The number of carbonyl (C=O) groups excluding carboxylic acids is 1. The number of anilines is 1. The summed E-state index contributed by atoms with van der Waals surface area (Å²) in [6.07, 6.45) is -0.763. The molecule has 1 unspecified atom stereocenters. The Labute approximate surface area is 146 Å². The summed E-state index contributed by atoms with van der Waals surface area (Å²) in [6.45, 7) is 0.0119. The molecule has 128 valence electrons. The second-order valence-corrected chi connectivity index (χ2v) is 5.98. The van der Waals surface area contributed by atoms with E-state index in [1.807, 2.05) is 43.3 Å². The molecule has 0 aromatic heterocycles. The minimum atomic E-state index is -0.763. The number of benzene rings is 2. The number of nitrogens with zero attached hydrogens (tertiary/aromatic N) is 1. The minimum absolute atomic E-state index is 0.117. The molecule has 0 radical (unpaired) electrons. The summed E-state index contributed by atoms with van der Waals surface area (Å²) < 4.78 is 5.35. The molecule has 5 nitrogen and oxygen atoms in total. The second-order valence-electron chi connectivity index (χ2n) is 5.55. The molecule has 6 heteroatoms. The highest BCUT2D eigenvalue weighted by Gasteiger charge is 2.10. The van der Waals surface area contributed by atoms with Crippen LogP contribution in [0.25, 0.3) is 0 Å². The average Bonchev–Trinajstić information content (AvgIpc) is 2.59. The first-order valence-electron chi connectivity index (χ1n) is 7.56. The number of nitrogens with one attached hydrogen (secondary N) is 1. The first-order valence-corrected chi connectivity index (χ1v) is 7.94. The van der Waals surface area contributed by atoms with Crippen LogP contribution in [0.15, 0.2) is 48.5 Å². The molecule has 0 bridgehead atoms. The fraction of sp³-hybridized carbons (Fsp3) is 0.278. The van der Waals surface area contributed by atoms with Crippen LogP contribution in [-0.2, 0) is 4.79 Å². The standard InChI is InChI=1S/C18H21ClN2O3/c1-21(2)15-7-3-13(4-8-15)17(22)11-20-18(23)12-24-16-9-5-14(19)6-10-16/h3-10,17,22H,11-12H2,1-2H3,(H,20,23). The number of hydrogen-bond acceptors (Lipinski definition) is 4. The smallest absolute Gasteiger partial charge is 0.258 e. The van der Waals surface area contributed by atoms with Gasteiger partial charge in [-0.05, 0) is 42.0 Å². The van der Waals surface area contributed by atoms with Crippen LogP contribution in [0, 0.1) is 0 Å². The minimum Gasteiger partial charge on any atom is -0.484 e. The molecule has 2 N–H and O–H groups in total. The van der Waals surface area contributed by atoms with Gasteiger partial charge in [-0.1, -0.05) is 23.7 Å². The van der Waals surface area contributed by atoms with E-state index in [2.05, 4.69) is 5.32 Å². The Hall–Kier alpha value is -2.24. The highest BCUT2D eigenvalue weighted by Crippen LogP contribution is 2.17. The zero-order chi connectivity index (χ0) is 17.5. The van der Waals surface area contributed by atoms with Crippen LogP contribution >= 0.6 is 11.6 Å². The van der Waals surface area contributed by atoms with Crippen molar-refractivity contribution in [3.63, 3.8) is 0 Å². The highest BCUT2D eigenvalue weighted by molar-refractivity contribution is 6.30. The van der Waals surface area contributed by atoms with Gasteiger partial charge in [-0.3, -0.25) is 4.79 Å². The summed E-state index contributed by atoms with van der Waals surface area (Å²) in [7, 11) is 3.90. The SMILES string of the molecule is CN(C)c1ccc(C(O)CNC(=O)COc2ccc(Cl)cc2)cc1. The van der Waals surface area contributed by atoms with Gasteiger partial charge in [-0.25, -0.2) is 0 Å². The Kier molecular flexibility index (Phi) is 6.46. The van der Waals surface area contributed by atoms with Gasteiger partial charge < -0.3 is 20.1 Å². The molecule has 0 saturated heterocycles. The lowest BCUT2D eigenvalue weighted by molar-refractivity contribution is -0.123. The van der Waals surface area contributed by atoms with Gasteiger partial charge in [0.1, 0.15) is 5.75 Å². The van der Waals surface area contributed by atoms with Gasteiger partial charge in [0, 0.05) is 31.4 Å². The van der Waals surface area contributed by atoms with E-state index in [0.717, 1.165) is 11.3 Å². The zero-order valence-electron chi connectivity index (χ0n) is 13.7. The van der Waals surface area contributed by atoms with Crippen LogP contribution < -0.4 is 15.0 Å². The molecule has 24 heavy (non-hydrogen) atoms. The van der Waals surface area contributed by atoms with E-state index in [1.54, 1.807) is 24.3 Å². The van der Waals surface area contributed by atoms with Crippen LogP contribution in [0.1, 0.15) is 11.7 Å². The number of hydrogen-bond donors (Lipinski definition) is 2. The summed E-state index contributed by atoms with van der Waals surface area (Å²) >= 11 is 5.78. The van der Waals surface area contributed by atoms with Crippen molar-refractivity contribution in [2.75, 3.05) is 32.1 Å². The lowest BCUT2D eigenvalue weighted by Gasteiger charge is -2.16. The summed E-state index contributed by atoms with van der Waals surface area (Å²) in [4.78, 5) is 13.8. The third-order valence-corrected chi connectivity index (χ3v) is 3.72. The predicted octanol–water partition coefficient (Wildman–Crippen LogP) is 2.63. The van der Waals surface area contributed by atoms with Gasteiger partial charge in [0.15, 0.2) is 6.61 Å². The highest BCUT2D eigenvalue weighted by atomic mass is 35.5. The van der Waals surface area contributed by atoms with Crippen LogP contribution in [0.4, 0.5) is 5.69 Å². The van der Waals surface area contributed by atoms with Gasteiger partial charge in [-0.15, -0.1) is 0 Å². The van der Waals surface area contributed by atoms with Crippen LogP contribution in [0.5, 0.6) is 5.75 Å². The van der Waals surface area contributed by atoms with E-state index < -0.39 is 6.10 Å². The van der Waals surface area contributed by atoms with Gasteiger partial charge in [-0.2, -0.15) is 0 Å². The summed E-state index contributed by atoms with van der Waals surface area (Å²) in [6, 6.07) is 14.3. The Morgan fingerprint density at radius 1 is 1.17 bits per heavy atom. The third kappa shape index (κ3) is 5.44. The number of aliphatic hydroxyl groups is 1. The molecule has 2 aromatic carbocycles.